The van der Waals surface area contributed by atoms with Crippen molar-refractivity contribution in [2.45, 2.75) is 5.54 Å². The first kappa shape index (κ1) is 13.0. The lowest BCUT2D eigenvalue weighted by molar-refractivity contribution is 1.25. The highest BCUT2D eigenvalue weighted by Crippen LogP contribution is 2.34. The van der Waals surface area contributed by atoms with Crippen LogP contribution in [-0.4, -0.2) is 14.8 Å². The molecule has 0 N–H and O–H groups in total. The molecule has 1 heterocycles. The van der Waals surface area contributed by atoms with E-state index in [0.717, 1.165) is 0 Å². The summed E-state index contributed by atoms with van der Waals surface area (Å²) in [6, 6.07) is 24.6. The Bertz CT molecular complexity index is 1110. The van der Waals surface area contributed by atoms with Crippen molar-refractivity contribution >= 4 is 47.1 Å². The van der Waals surface area contributed by atoms with Crippen LogP contribution in [0, 0.1) is 0 Å². The van der Waals surface area contributed by atoms with E-state index < -0.39 is 0 Å². The van der Waals surface area contributed by atoms with Gasteiger partial charge in [-0.1, -0.05) is 72.4 Å². The Balaban J connectivity index is 1.95. The molecule has 4 aromatic carbocycles. The number of allylic oxidation sites excluding steroid dienone is 2. The molecule has 0 saturated carbocycles. The fourth-order valence-electron chi connectivity index (χ4n) is 3.75. The largest absolute Gasteiger partial charge is 0.0844 e. The van der Waals surface area contributed by atoms with Crippen molar-refractivity contribution in [2.24, 2.45) is 0 Å². The molecule has 1 aliphatic rings. The van der Waals surface area contributed by atoms with Crippen LogP contribution in [-0.2, 0) is 0 Å². The Kier molecular flexibility index (Phi) is 2.82. The normalized spacial score (nSPS) is 16.8. The minimum absolute atomic E-state index is 0.342. The lowest BCUT2D eigenvalue weighted by Crippen LogP contribution is -1.97. The average Bonchev–Trinajstić information content (AvgIpc) is 3.14. The second-order valence-corrected chi connectivity index (χ2v) is 7.72. The monoisotopic (exact) mass is 308 g/mol. The molecule has 0 aromatic heterocycles. The molecule has 0 nitrogen and oxygen atoms in total. The van der Waals surface area contributed by atoms with E-state index in [0.29, 0.717) is 14.7 Å². The third-order valence-corrected chi connectivity index (χ3v) is 6.31. The summed E-state index contributed by atoms with van der Waals surface area (Å²) < 4.78 is 0. The predicted molar refractivity (Wildman–Crippen MR) is 104 cm³/mol. The quantitative estimate of drug-likeness (QED) is 0.264. The van der Waals surface area contributed by atoms with Crippen LogP contribution in [0.25, 0.3) is 32.3 Å². The Hall–Kier alpha value is -2.51. The van der Waals surface area contributed by atoms with Crippen LogP contribution in [0.3, 0.4) is 0 Å². The molecule has 5 rings (SSSR count). The summed E-state index contributed by atoms with van der Waals surface area (Å²) in [5.41, 5.74) is 4.43. The molecule has 4 aromatic rings. The zero-order chi connectivity index (χ0) is 15.2. The van der Waals surface area contributed by atoms with Gasteiger partial charge in [0.2, 0.25) is 0 Å². The Morgan fingerprint density at radius 1 is 0.696 bits per heavy atom. The molecular weight excluding hydrogens is 292 g/mol. The lowest BCUT2D eigenvalue weighted by atomic mass is 9.94. The molecule has 0 radical (unpaired) electrons. The molecule has 0 amide bonds. The maximum absolute atomic E-state index is 2.37. The number of rotatable bonds is 1. The molecule has 1 aliphatic heterocycles. The van der Waals surface area contributed by atoms with Gasteiger partial charge in [0.05, 0.1) is 0 Å². The molecule has 1 unspecified atom stereocenters. The van der Waals surface area contributed by atoms with Gasteiger partial charge >= 0.3 is 0 Å². The summed E-state index contributed by atoms with van der Waals surface area (Å²) in [4.78, 5) is 0. The van der Waals surface area contributed by atoms with E-state index in [4.69, 9.17) is 0 Å². The van der Waals surface area contributed by atoms with Crippen molar-refractivity contribution in [1.82, 2.24) is 0 Å². The minimum atomic E-state index is 0.342. The van der Waals surface area contributed by atoms with Crippen LogP contribution in [0.4, 0.5) is 0 Å². The highest BCUT2D eigenvalue weighted by molar-refractivity contribution is 6.53. The van der Waals surface area contributed by atoms with Crippen LogP contribution in [0.1, 0.15) is 11.1 Å². The summed E-state index contributed by atoms with van der Waals surface area (Å²) in [5.74, 6) is 0. The van der Waals surface area contributed by atoms with Gasteiger partial charge in [-0.3, -0.25) is 0 Å². The number of benzene rings is 4. The SMILES string of the molecule is C1=CC(c2cccc3ccc4cc5ccccc5cc4c23)[SiH]=C1. The first-order valence-electron chi connectivity index (χ1n) is 8.09. The number of hydrogen-bond donors (Lipinski definition) is 0. The van der Waals surface area contributed by atoms with Crippen LogP contribution in [0.15, 0.2) is 78.9 Å². The van der Waals surface area contributed by atoms with E-state index >= 15 is 0 Å². The molecule has 0 aliphatic carbocycles. The van der Waals surface area contributed by atoms with Gasteiger partial charge < -0.3 is 0 Å². The number of fused-ring (bicyclic) bond motifs is 4. The molecule has 0 saturated heterocycles. The van der Waals surface area contributed by atoms with Crippen molar-refractivity contribution in [3.8, 4) is 0 Å². The number of hydrogen-bond acceptors (Lipinski definition) is 0. The summed E-state index contributed by atoms with van der Waals surface area (Å²) in [5, 5.41) is 8.15. The topological polar surface area (TPSA) is 0 Å². The Morgan fingerprint density at radius 3 is 2.30 bits per heavy atom. The molecule has 0 fully saturated rings. The predicted octanol–water partition coefficient (Wildman–Crippen LogP) is 5.00. The third-order valence-electron chi connectivity index (χ3n) is 4.87. The molecule has 0 spiro atoms. The maximum atomic E-state index is 2.37. The van der Waals surface area contributed by atoms with Crippen LogP contribution in [0.2, 0.25) is 0 Å². The summed E-state index contributed by atoms with van der Waals surface area (Å²) in [7, 11) is 0.342. The molecule has 23 heavy (non-hydrogen) atoms. The second-order valence-electron chi connectivity index (χ2n) is 6.23. The first-order valence-corrected chi connectivity index (χ1v) is 9.43. The van der Waals surface area contributed by atoms with Gasteiger partial charge in [0.15, 0.2) is 0 Å². The van der Waals surface area contributed by atoms with E-state index in [1.807, 2.05) is 0 Å². The van der Waals surface area contributed by atoms with E-state index in [1.165, 1.54) is 37.9 Å². The van der Waals surface area contributed by atoms with Crippen molar-refractivity contribution in [1.29, 1.82) is 0 Å². The van der Waals surface area contributed by atoms with Crippen molar-refractivity contribution in [3.63, 3.8) is 0 Å². The van der Waals surface area contributed by atoms with E-state index in [2.05, 4.69) is 84.6 Å². The molecule has 1 heteroatoms. The first-order chi connectivity index (χ1) is 11.4. The summed E-state index contributed by atoms with van der Waals surface area (Å²) in [6.07, 6.45) is 4.60. The fraction of sp³-hybridized carbons (Fsp3) is 0.0455. The average molecular weight is 308 g/mol. The minimum Gasteiger partial charge on any atom is -0.0844 e. The van der Waals surface area contributed by atoms with E-state index in [-0.39, 0.29) is 0 Å². The summed E-state index contributed by atoms with van der Waals surface area (Å²) >= 11 is 0. The highest BCUT2D eigenvalue weighted by atomic mass is 28.2. The van der Waals surface area contributed by atoms with Crippen molar-refractivity contribution in [2.75, 3.05) is 0 Å². The van der Waals surface area contributed by atoms with E-state index in [1.54, 1.807) is 0 Å². The smallest absolute Gasteiger partial charge is 0.00825 e. The second kappa shape index (κ2) is 5.00. The fourth-order valence-corrected chi connectivity index (χ4v) is 4.99. The van der Waals surface area contributed by atoms with Gasteiger partial charge in [-0.25, -0.2) is 0 Å². The summed E-state index contributed by atoms with van der Waals surface area (Å²) in [6.45, 7) is 0. The van der Waals surface area contributed by atoms with Gasteiger partial charge in [-0.15, -0.1) is 0 Å². The molecule has 108 valence electrons. The van der Waals surface area contributed by atoms with Gasteiger partial charge in [-0.2, -0.15) is 0 Å². The van der Waals surface area contributed by atoms with Crippen molar-refractivity contribution < 1.29 is 0 Å². The molecule has 0 bridgehead atoms. The highest BCUT2D eigenvalue weighted by Gasteiger charge is 2.13. The van der Waals surface area contributed by atoms with Gasteiger partial charge in [0.1, 0.15) is 0 Å². The molecule has 1 atom stereocenters. The zero-order valence-corrected chi connectivity index (χ0v) is 13.9. The van der Waals surface area contributed by atoms with Gasteiger partial charge in [-0.05, 0) is 50.0 Å². The Morgan fingerprint density at radius 2 is 1.48 bits per heavy atom. The van der Waals surface area contributed by atoms with Crippen LogP contribution in [0.5, 0.6) is 0 Å². The lowest BCUT2D eigenvalue weighted by Gasteiger charge is -2.14. The third kappa shape index (κ3) is 2.01. The van der Waals surface area contributed by atoms with Gasteiger partial charge in [0, 0.05) is 14.7 Å². The standard InChI is InChI=1S/C22H16Si/c1-2-6-17-14-20-18(13-16(17)5-1)11-10-15-7-3-8-19(22(15)20)21-9-4-12-23-21/h1-14,21,23H. The van der Waals surface area contributed by atoms with Gasteiger partial charge in [0.25, 0.3) is 0 Å². The maximum Gasteiger partial charge on any atom is 0.00825 e. The van der Waals surface area contributed by atoms with Crippen LogP contribution >= 0.6 is 0 Å². The zero-order valence-electron chi connectivity index (χ0n) is 12.7. The van der Waals surface area contributed by atoms with E-state index in [9.17, 15) is 0 Å². The molecular formula is C22H16Si. The van der Waals surface area contributed by atoms with Crippen LogP contribution < -0.4 is 0 Å². The van der Waals surface area contributed by atoms with Crippen molar-refractivity contribution in [3.05, 3.63) is 84.4 Å². The Labute approximate surface area is 137 Å².